The third kappa shape index (κ3) is 4.19. The van der Waals surface area contributed by atoms with Crippen molar-refractivity contribution >= 4 is 34.4 Å². The number of amides is 1. The van der Waals surface area contributed by atoms with Crippen LogP contribution in [0.5, 0.6) is 0 Å². The number of nitrogens with zero attached hydrogens (tertiary/aromatic N) is 5. The Morgan fingerprint density at radius 1 is 1.26 bits per heavy atom. The van der Waals surface area contributed by atoms with Crippen LogP contribution >= 0.6 is 0 Å². The van der Waals surface area contributed by atoms with E-state index in [9.17, 15) is 29.3 Å². The Hall–Kier alpha value is -4.29. The molecule has 0 spiro atoms. The lowest BCUT2D eigenvalue weighted by molar-refractivity contribution is -0.384. The van der Waals surface area contributed by atoms with Crippen LogP contribution in [0.15, 0.2) is 40.2 Å². The van der Waals surface area contributed by atoms with Gasteiger partial charge in [0.1, 0.15) is 6.54 Å². The fraction of sp³-hybridized carbons (Fsp3) is 0.278. The second kappa shape index (κ2) is 8.22. The number of rotatable bonds is 6. The second-order valence-electron chi connectivity index (χ2n) is 6.68. The summed E-state index contributed by atoms with van der Waals surface area (Å²) in [7, 11) is 2.75. The normalized spacial score (nSPS) is 11.8. The van der Waals surface area contributed by atoms with Gasteiger partial charge in [-0.2, -0.15) is 0 Å². The van der Waals surface area contributed by atoms with E-state index in [1.165, 1.54) is 60.7 Å². The minimum Gasteiger partial charge on any atom is -0.451 e. The number of carbonyl (C=O) groups excluding carboxylic acids is 2. The molecule has 13 nitrogen and oxygen atoms in total. The van der Waals surface area contributed by atoms with Crippen molar-refractivity contribution in [3.05, 3.63) is 61.5 Å². The van der Waals surface area contributed by atoms with E-state index in [0.29, 0.717) is 0 Å². The number of nitro groups is 1. The molecule has 1 amide bonds. The topological polar surface area (TPSA) is 160 Å². The molecule has 1 N–H and O–H groups in total. The number of non-ortho nitro benzene ring substituents is 1. The lowest BCUT2D eigenvalue weighted by atomic mass is 10.2. The molecule has 0 aliphatic carbocycles. The first-order valence-electron chi connectivity index (χ1n) is 8.95. The Balaban J connectivity index is 1.72. The molecule has 13 heteroatoms. The summed E-state index contributed by atoms with van der Waals surface area (Å²) in [5.74, 6) is -1.51. The molecule has 2 heterocycles. The molecule has 1 atom stereocenters. The number of aromatic nitrogens is 4. The summed E-state index contributed by atoms with van der Waals surface area (Å²) < 4.78 is 8.39. The van der Waals surface area contributed by atoms with Crippen LogP contribution in [0.25, 0.3) is 11.2 Å². The lowest BCUT2D eigenvalue weighted by Crippen LogP contribution is -2.38. The van der Waals surface area contributed by atoms with Gasteiger partial charge in [-0.15, -0.1) is 0 Å². The predicted octanol–water partition coefficient (Wildman–Crippen LogP) is -0.0877. The summed E-state index contributed by atoms with van der Waals surface area (Å²) in [6.07, 6.45) is 0.00869. The molecule has 1 aromatic carbocycles. The third-order valence-corrected chi connectivity index (χ3v) is 4.52. The zero-order valence-electron chi connectivity index (χ0n) is 16.8. The average molecular weight is 430 g/mol. The first kappa shape index (κ1) is 21.4. The van der Waals surface area contributed by atoms with Crippen LogP contribution in [0, 0.1) is 10.1 Å². The van der Waals surface area contributed by atoms with Gasteiger partial charge in [-0.3, -0.25) is 33.6 Å². The number of nitrogens with one attached hydrogen (secondary N) is 1. The largest absolute Gasteiger partial charge is 0.451 e. The van der Waals surface area contributed by atoms with Crippen LogP contribution in [-0.4, -0.2) is 41.6 Å². The van der Waals surface area contributed by atoms with Crippen LogP contribution < -0.4 is 16.6 Å². The number of fused-ring (bicyclic) bond motifs is 1. The zero-order valence-corrected chi connectivity index (χ0v) is 16.8. The van der Waals surface area contributed by atoms with Crippen LogP contribution in [0.3, 0.4) is 0 Å². The quantitative estimate of drug-likeness (QED) is 0.322. The number of ether oxygens (including phenoxy) is 1. The molecule has 1 unspecified atom stereocenters. The molecular weight excluding hydrogens is 412 g/mol. The van der Waals surface area contributed by atoms with E-state index in [4.69, 9.17) is 4.74 Å². The Labute approximate surface area is 173 Å². The van der Waals surface area contributed by atoms with E-state index < -0.39 is 40.7 Å². The highest BCUT2D eigenvalue weighted by molar-refractivity contribution is 5.95. The summed E-state index contributed by atoms with van der Waals surface area (Å²) in [6.45, 7) is 0.914. The highest BCUT2D eigenvalue weighted by Gasteiger charge is 2.21. The molecule has 31 heavy (non-hydrogen) atoms. The Kier molecular flexibility index (Phi) is 5.68. The van der Waals surface area contributed by atoms with Crippen molar-refractivity contribution in [2.75, 3.05) is 5.32 Å². The van der Waals surface area contributed by atoms with Crippen LogP contribution in [0.1, 0.15) is 6.92 Å². The van der Waals surface area contributed by atoms with Crippen LogP contribution in [0.4, 0.5) is 11.4 Å². The van der Waals surface area contributed by atoms with Crippen molar-refractivity contribution < 1.29 is 19.2 Å². The maximum absolute atomic E-state index is 12.4. The molecule has 0 fully saturated rings. The monoisotopic (exact) mass is 430 g/mol. The summed E-state index contributed by atoms with van der Waals surface area (Å²) in [6, 6.07) is 5.30. The Morgan fingerprint density at radius 2 is 1.97 bits per heavy atom. The molecular formula is C18H18N6O7. The number of hydrogen-bond acceptors (Lipinski definition) is 8. The van der Waals surface area contributed by atoms with Crippen LogP contribution in [0.2, 0.25) is 0 Å². The minimum absolute atomic E-state index is 0.0373. The lowest BCUT2D eigenvalue weighted by Gasteiger charge is -2.14. The summed E-state index contributed by atoms with van der Waals surface area (Å²) >= 11 is 0. The SMILES string of the molecule is CC(OC(=O)Cn1cnc2c1c(=O)n(C)c(=O)n2C)C(=O)Nc1cccc([N+](=O)[O-])c1. The molecule has 0 aliphatic heterocycles. The maximum Gasteiger partial charge on any atom is 0.332 e. The van der Waals surface area contributed by atoms with E-state index >= 15 is 0 Å². The van der Waals surface area contributed by atoms with E-state index in [1.54, 1.807) is 0 Å². The average Bonchev–Trinajstić information content (AvgIpc) is 3.14. The second-order valence-corrected chi connectivity index (χ2v) is 6.68. The number of carbonyl (C=O) groups is 2. The van der Waals surface area contributed by atoms with Gasteiger partial charge in [-0.25, -0.2) is 9.78 Å². The van der Waals surface area contributed by atoms with Gasteiger partial charge in [0, 0.05) is 31.9 Å². The van der Waals surface area contributed by atoms with Gasteiger partial charge in [0.15, 0.2) is 17.3 Å². The van der Waals surface area contributed by atoms with Gasteiger partial charge < -0.3 is 14.6 Å². The van der Waals surface area contributed by atoms with Crippen molar-refractivity contribution in [1.29, 1.82) is 0 Å². The third-order valence-electron chi connectivity index (χ3n) is 4.52. The molecule has 162 valence electrons. The summed E-state index contributed by atoms with van der Waals surface area (Å²) in [4.78, 5) is 63.1. The fourth-order valence-electron chi connectivity index (χ4n) is 2.89. The van der Waals surface area contributed by atoms with Gasteiger partial charge in [0.25, 0.3) is 17.2 Å². The zero-order chi connectivity index (χ0) is 22.9. The number of hydrogen-bond donors (Lipinski definition) is 1. The van der Waals surface area contributed by atoms with E-state index in [1.807, 2.05) is 0 Å². The molecule has 0 aliphatic rings. The van der Waals surface area contributed by atoms with Crippen molar-refractivity contribution in [3.8, 4) is 0 Å². The molecule has 3 rings (SSSR count). The smallest absolute Gasteiger partial charge is 0.332 e. The number of imidazole rings is 1. The molecule has 2 aromatic heterocycles. The number of esters is 1. The highest BCUT2D eigenvalue weighted by Crippen LogP contribution is 2.17. The summed E-state index contributed by atoms with van der Waals surface area (Å²) in [5.41, 5.74) is -1.07. The van der Waals surface area contributed by atoms with Crippen molar-refractivity contribution in [1.82, 2.24) is 18.7 Å². The maximum atomic E-state index is 12.4. The van der Waals surface area contributed by atoms with Gasteiger partial charge in [-0.05, 0) is 13.0 Å². The summed E-state index contributed by atoms with van der Waals surface area (Å²) in [5, 5.41) is 13.3. The molecule has 0 saturated heterocycles. The number of anilines is 1. The van der Waals surface area contributed by atoms with E-state index in [-0.39, 0.29) is 22.5 Å². The molecule has 0 radical (unpaired) electrons. The van der Waals surface area contributed by atoms with Crippen molar-refractivity contribution in [2.45, 2.75) is 19.6 Å². The van der Waals surface area contributed by atoms with Gasteiger partial charge in [0.2, 0.25) is 0 Å². The number of benzene rings is 1. The number of nitro benzene ring substituents is 1. The van der Waals surface area contributed by atoms with Gasteiger partial charge in [0.05, 0.1) is 11.3 Å². The van der Waals surface area contributed by atoms with Gasteiger partial charge >= 0.3 is 11.7 Å². The van der Waals surface area contributed by atoms with E-state index in [2.05, 4.69) is 10.3 Å². The Bertz CT molecular complexity index is 1320. The van der Waals surface area contributed by atoms with Crippen LogP contribution in [-0.2, 0) is 35.0 Å². The molecule has 0 bridgehead atoms. The Morgan fingerprint density at radius 3 is 2.65 bits per heavy atom. The molecule has 0 saturated carbocycles. The standard InChI is InChI=1S/C18H18N6O7/c1-10(16(26)20-11-5-4-6-12(7-11)24(29)30)31-13(25)8-23-9-19-15-14(23)17(27)22(3)18(28)21(15)2/h4-7,9-10H,8H2,1-3H3,(H,20,26). The van der Waals surface area contributed by atoms with Crippen molar-refractivity contribution in [3.63, 3.8) is 0 Å². The molecule has 3 aromatic rings. The first-order valence-corrected chi connectivity index (χ1v) is 8.95. The highest BCUT2D eigenvalue weighted by atomic mass is 16.6. The predicted molar refractivity (Wildman–Crippen MR) is 107 cm³/mol. The van der Waals surface area contributed by atoms with Crippen molar-refractivity contribution in [2.24, 2.45) is 14.1 Å². The van der Waals surface area contributed by atoms with E-state index in [0.717, 1.165) is 4.57 Å². The first-order chi connectivity index (χ1) is 14.6. The minimum atomic E-state index is -1.21. The number of aryl methyl sites for hydroxylation is 1. The van der Waals surface area contributed by atoms with Gasteiger partial charge in [-0.1, -0.05) is 6.07 Å². The fourth-order valence-corrected chi connectivity index (χ4v) is 2.89.